The fourth-order valence-corrected chi connectivity index (χ4v) is 2.84. The first-order valence-corrected chi connectivity index (χ1v) is 8.58. The molecule has 2 heterocycles. The van der Waals surface area contributed by atoms with Gasteiger partial charge in [-0.25, -0.2) is 0 Å². The Kier molecular flexibility index (Phi) is 4.56. The van der Waals surface area contributed by atoms with E-state index in [1.54, 1.807) is 18.5 Å². The zero-order valence-corrected chi connectivity index (χ0v) is 15.5. The Balaban J connectivity index is 1.71. The van der Waals surface area contributed by atoms with Gasteiger partial charge in [0, 0.05) is 24.4 Å². The van der Waals surface area contributed by atoms with Crippen LogP contribution in [0.5, 0.6) is 0 Å². The molecular formula is C20H24BNO3. The van der Waals surface area contributed by atoms with E-state index < -0.39 is 0 Å². The van der Waals surface area contributed by atoms with E-state index in [0.29, 0.717) is 6.42 Å². The van der Waals surface area contributed by atoms with Crippen molar-refractivity contribution in [1.82, 2.24) is 4.98 Å². The van der Waals surface area contributed by atoms with Gasteiger partial charge in [-0.2, -0.15) is 0 Å². The van der Waals surface area contributed by atoms with Crippen LogP contribution in [0.4, 0.5) is 0 Å². The van der Waals surface area contributed by atoms with Crippen LogP contribution in [0.1, 0.15) is 49.2 Å². The highest BCUT2D eigenvalue weighted by Crippen LogP contribution is 2.36. The van der Waals surface area contributed by atoms with Crippen molar-refractivity contribution < 1.29 is 14.1 Å². The number of Topliss-reactive ketones (excluding diaryl/α,β-unsaturated/α-hetero) is 1. The van der Waals surface area contributed by atoms with E-state index in [0.717, 1.165) is 22.2 Å². The molecule has 0 saturated carbocycles. The molecule has 3 rings (SSSR count). The van der Waals surface area contributed by atoms with E-state index in [1.165, 1.54) is 0 Å². The number of hydrogen-bond donors (Lipinski definition) is 0. The van der Waals surface area contributed by atoms with Gasteiger partial charge in [-0.05, 0) is 57.3 Å². The molecular weight excluding hydrogens is 313 g/mol. The lowest BCUT2D eigenvalue weighted by molar-refractivity contribution is 0.00578. The number of aryl methyl sites for hydroxylation is 1. The fraction of sp³-hybridized carbons (Fsp3) is 0.400. The van der Waals surface area contributed by atoms with E-state index in [-0.39, 0.29) is 24.1 Å². The van der Waals surface area contributed by atoms with Crippen LogP contribution >= 0.6 is 0 Å². The molecule has 1 fully saturated rings. The predicted octanol–water partition coefficient (Wildman–Crippen LogP) is 3.11. The van der Waals surface area contributed by atoms with Crippen molar-refractivity contribution in [3.05, 3.63) is 59.4 Å². The van der Waals surface area contributed by atoms with Gasteiger partial charge >= 0.3 is 7.12 Å². The standard InChI is InChI=1S/C20H24BNO3/c1-14-13-22-11-10-17(14)18(23)12-15-6-8-16(9-7-15)21-24-19(2,3)20(4,5)25-21/h6-11,13H,12H2,1-5H3. The maximum Gasteiger partial charge on any atom is 0.494 e. The molecule has 4 nitrogen and oxygen atoms in total. The number of pyridine rings is 1. The van der Waals surface area contributed by atoms with Crippen LogP contribution in [-0.4, -0.2) is 29.1 Å². The van der Waals surface area contributed by atoms with Crippen LogP contribution < -0.4 is 5.46 Å². The molecule has 5 heteroatoms. The van der Waals surface area contributed by atoms with E-state index in [4.69, 9.17) is 9.31 Å². The van der Waals surface area contributed by atoms with Gasteiger partial charge in [-0.3, -0.25) is 9.78 Å². The molecule has 0 unspecified atom stereocenters. The maximum absolute atomic E-state index is 12.5. The van der Waals surface area contributed by atoms with E-state index in [9.17, 15) is 4.79 Å². The van der Waals surface area contributed by atoms with Crippen LogP contribution in [0.3, 0.4) is 0 Å². The van der Waals surface area contributed by atoms with Gasteiger partial charge in [0.25, 0.3) is 0 Å². The normalized spacial score (nSPS) is 18.4. The monoisotopic (exact) mass is 337 g/mol. The molecule has 0 aliphatic carbocycles. The number of nitrogens with zero attached hydrogens (tertiary/aromatic N) is 1. The molecule has 0 atom stereocenters. The Morgan fingerprint density at radius 1 is 1.04 bits per heavy atom. The smallest absolute Gasteiger partial charge is 0.399 e. The lowest BCUT2D eigenvalue weighted by Gasteiger charge is -2.32. The lowest BCUT2D eigenvalue weighted by atomic mass is 9.78. The van der Waals surface area contributed by atoms with Crippen LogP contribution in [0.25, 0.3) is 0 Å². The number of carbonyl (C=O) groups is 1. The van der Waals surface area contributed by atoms with Crippen LogP contribution in [0.15, 0.2) is 42.7 Å². The summed E-state index contributed by atoms with van der Waals surface area (Å²) in [7, 11) is -0.378. The number of ketones is 1. The SMILES string of the molecule is Cc1cnccc1C(=O)Cc1ccc(B2OC(C)(C)C(C)(C)O2)cc1. The second kappa shape index (κ2) is 6.39. The van der Waals surface area contributed by atoms with Crippen molar-refractivity contribution in [1.29, 1.82) is 0 Å². The number of benzene rings is 1. The van der Waals surface area contributed by atoms with E-state index in [2.05, 4.69) is 4.98 Å². The number of rotatable bonds is 4. The van der Waals surface area contributed by atoms with Gasteiger partial charge in [0.15, 0.2) is 5.78 Å². The van der Waals surface area contributed by atoms with Crippen molar-refractivity contribution in [2.45, 2.75) is 52.2 Å². The third-order valence-corrected chi connectivity index (χ3v) is 5.19. The summed E-state index contributed by atoms with van der Waals surface area (Å²) in [4.78, 5) is 16.5. The molecule has 1 aliphatic heterocycles. The molecule has 0 bridgehead atoms. The second-order valence-electron chi connectivity index (χ2n) is 7.62. The topological polar surface area (TPSA) is 48.4 Å². The molecule has 0 radical (unpaired) electrons. The quantitative estimate of drug-likeness (QED) is 0.635. The largest absolute Gasteiger partial charge is 0.494 e. The molecule has 1 saturated heterocycles. The van der Waals surface area contributed by atoms with E-state index >= 15 is 0 Å². The van der Waals surface area contributed by atoms with Crippen LogP contribution in [0.2, 0.25) is 0 Å². The summed E-state index contributed by atoms with van der Waals surface area (Å²) in [6, 6.07) is 9.66. The van der Waals surface area contributed by atoms with Crippen molar-refractivity contribution in [3.8, 4) is 0 Å². The fourth-order valence-electron chi connectivity index (χ4n) is 2.84. The first kappa shape index (κ1) is 17.8. The van der Waals surface area contributed by atoms with E-state index in [1.807, 2.05) is 58.9 Å². The average molecular weight is 337 g/mol. The van der Waals surface area contributed by atoms with Gasteiger partial charge in [-0.15, -0.1) is 0 Å². The molecule has 0 N–H and O–H groups in total. The summed E-state index contributed by atoms with van der Waals surface area (Å²) in [6.45, 7) is 10.1. The number of carbonyl (C=O) groups excluding carboxylic acids is 1. The molecule has 1 aromatic carbocycles. The number of aromatic nitrogens is 1. The minimum Gasteiger partial charge on any atom is -0.399 e. The summed E-state index contributed by atoms with van der Waals surface area (Å²) in [5, 5.41) is 0. The van der Waals surface area contributed by atoms with Gasteiger partial charge < -0.3 is 9.31 Å². The van der Waals surface area contributed by atoms with Crippen LogP contribution in [-0.2, 0) is 15.7 Å². The molecule has 0 amide bonds. The Bertz CT molecular complexity index is 768. The molecule has 0 spiro atoms. The summed E-state index contributed by atoms with van der Waals surface area (Å²) in [5.41, 5.74) is 2.86. The Morgan fingerprint density at radius 2 is 1.64 bits per heavy atom. The zero-order chi connectivity index (χ0) is 18.2. The Labute approximate surface area is 149 Å². The van der Waals surface area contributed by atoms with Gasteiger partial charge in [0.05, 0.1) is 11.2 Å². The highest BCUT2D eigenvalue weighted by atomic mass is 16.7. The maximum atomic E-state index is 12.5. The summed E-state index contributed by atoms with van der Waals surface area (Å²) < 4.78 is 12.1. The first-order chi connectivity index (χ1) is 11.7. The van der Waals surface area contributed by atoms with Gasteiger partial charge in [0.2, 0.25) is 0 Å². The average Bonchev–Trinajstić information content (AvgIpc) is 2.76. The van der Waals surface area contributed by atoms with Gasteiger partial charge in [0.1, 0.15) is 0 Å². The molecule has 1 aliphatic rings. The highest BCUT2D eigenvalue weighted by Gasteiger charge is 2.51. The Hall–Kier alpha value is -1.98. The zero-order valence-electron chi connectivity index (χ0n) is 15.5. The molecule has 25 heavy (non-hydrogen) atoms. The molecule has 130 valence electrons. The third kappa shape index (κ3) is 3.53. The van der Waals surface area contributed by atoms with Crippen molar-refractivity contribution >= 4 is 18.4 Å². The summed E-state index contributed by atoms with van der Waals surface area (Å²) in [5.74, 6) is 0.100. The first-order valence-electron chi connectivity index (χ1n) is 8.58. The Morgan fingerprint density at radius 3 is 2.20 bits per heavy atom. The second-order valence-corrected chi connectivity index (χ2v) is 7.62. The predicted molar refractivity (Wildman–Crippen MR) is 99.2 cm³/mol. The van der Waals surface area contributed by atoms with Gasteiger partial charge in [-0.1, -0.05) is 24.3 Å². The number of hydrogen-bond acceptors (Lipinski definition) is 4. The minimum atomic E-state index is -0.378. The highest BCUT2D eigenvalue weighted by molar-refractivity contribution is 6.62. The minimum absolute atomic E-state index is 0.100. The molecule has 1 aromatic heterocycles. The summed E-state index contributed by atoms with van der Waals surface area (Å²) >= 11 is 0. The van der Waals surface area contributed by atoms with Crippen molar-refractivity contribution in [2.75, 3.05) is 0 Å². The third-order valence-electron chi connectivity index (χ3n) is 5.19. The van der Waals surface area contributed by atoms with Crippen molar-refractivity contribution in [3.63, 3.8) is 0 Å². The van der Waals surface area contributed by atoms with Crippen LogP contribution in [0, 0.1) is 6.92 Å². The van der Waals surface area contributed by atoms with Crippen molar-refractivity contribution in [2.24, 2.45) is 0 Å². The lowest BCUT2D eigenvalue weighted by Crippen LogP contribution is -2.41. The summed E-state index contributed by atoms with van der Waals surface area (Å²) in [6.07, 6.45) is 3.74. The molecule has 2 aromatic rings.